The van der Waals surface area contributed by atoms with Crippen LogP contribution in [0.1, 0.15) is 25.5 Å². The Morgan fingerprint density at radius 3 is 3.06 bits per heavy atom. The number of carbonyl (C=O) groups is 1. The molecule has 1 heterocycles. The molecule has 0 aromatic carbocycles. The summed E-state index contributed by atoms with van der Waals surface area (Å²) in [6, 6.07) is 0.451. The van der Waals surface area contributed by atoms with E-state index in [-0.39, 0.29) is 12.5 Å². The van der Waals surface area contributed by atoms with Crippen molar-refractivity contribution < 1.29 is 4.79 Å². The molecule has 1 aliphatic rings. The van der Waals surface area contributed by atoms with Crippen molar-refractivity contribution in [2.45, 2.75) is 38.9 Å². The van der Waals surface area contributed by atoms with Crippen molar-refractivity contribution in [3.8, 4) is 0 Å². The van der Waals surface area contributed by atoms with E-state index in [1.54, 1.807) is 4.68 Å². The highest BCUT2D eigenvalue weighted by atomic mass is 16.2. The van der Waals surface area contributed by atoms with Crippen molar-refractivity contribution in [3.05, 3.63) is 11.9 Å². The molecule has 0 atom stereocenters. The second kappa shape index (κ2) is 5.27. The molecule has 1 aliphatic carbocycles. The Morgan fingerprint density at radius 2 is 2.41 bits per heavy atom. The van der Waals surface area contributed by atoms with E-state index in [0.29, 0.717) is 12.6 Å². The van der Waals surface area contributed by atoms with Crippen molar-refractivity contribution in [2.75, 3.05) is 13.6 Å². The zero-order chi connectivity index (χ0) is 12.3. The fourth-order valence-corrected chi connectivity index (χ4v) is 1.67. The lowest BCUT2D eigenvalue weighted by molar-refractivity contribution is -0.131. The van der Waals surface area contributed by atoms with Crippen molar-refractivity contribution in [2.24, 2.45) is 0 Å². The summed E-state index contributed by atoms with van der Waals surface area (Å²) < 4.78 is 1.61. The molecule has 0 spiro atoms. The van der Waals surface area contributed by atoms with E-state index in [1.807, 2.05) is 25.1 Å². The van der Waals surface area contributed by atoms with Gasteiger partial charge >= 0.3 is 0 Å². The van der Waals surface area contributed by atoms with Gasteiger partial charge in [-0.3, -0.25) is 4.79 Å². The molecule has 6 heteroatoms. The van der Waals surface area contributed by atoms with Crippen LogP contribution >= 0.6 is 0 Å². The van der Waals surface area contributed by atoms with Gasteiger partial charge in [-0.15, -0.1) is 5.10 Å². The average Bonchev–Trinajstić information content (AvgIpc) is 3.08. The molecule has 1 saturated carbocycles. The van der Waals surface area contributed by atoms with E-state index in [2.05, 4.69) is 15.6 Å². The first kappa shape index (κ1) is 12.0. The van der Waals surface area contributed by atoms with Gasteiger partial charge in [-0.1, -0.05) is 12.1 Å². The highest BCUT2D eigenvalue weighted by Gasteiger charge is 2.29. The van der Waals surface area contributed by atoms with Crippen LogP contribution in [0.15, 0.2) is 6.20 Å². The highest BCUT2D eigenvalue weighted by molar-refractivity contribution is 5.76. The molecule has 0 radical (unpaired) electrons. The molecule has 1 fully saturated rings. The summed E-state index contributed by atoms with van der Waals surface area (Å²) in [6.07, 6.45) is 4.08. The molecule has 0 bridgehead atoms. The molecule has 0 aliphatic heterocycles. The van der Waals surface area contributed by atoms with Gasteiger partial charge in [-0.05, 0) is 19.4 Å². The van der Waals surface area contributed by atoms with Crippen LogP contribution in [0.2, 0.25) is 0 Å². The third-order valence-electron chi connectivity index (χ3n) is 2.93. The minimum Gasteiger partial charge on any atom is -0.341 e. The zero-order valence-corrected chi connectivity index (χ0v) is 10.4. The van der Waals surface area contributed by atoms with Crippen molar-refractivity contribution in [1.82, 2.24) is 25.2 Å². The van der Waals surface area contributed by atoms with E-state index in [1.165, 1.54) is 0 Å². The summed E-state index contributed by atoms with van der Waals surface area (Å²) >= 11 is 0. The van der Waals surface area contributed by atoms with E-state index >= 15 is 0 Å². The minimum absolute atomic E-state index is 0.104. The maximum atomic E-state index is 11.8. The third kappa shape index (κ3) is 3.26. The van der Waals surface area contributed by atoms with Crippen molar-refractivity contribution >= 4 is 5.91 Å². The predicted molar refractivity (Wildman–Crippen MR) is 63.2 cm³/mol. The number of aromatic nitrogens is 3. The molecular formula is C11H19N5O. The minimum atomic E-state index is 0.104. The maximum Gasteiger partial charge on any atom is 0.244 e. The van der Waals surface area contributed by atoms with Crippen LogP contribution in [0.5, 0.6) is 0 Å². The van der Waals surface area contributed by atoms with E-state index in [4.69, 9.17) is 0 Å². The summed E-state index contributed by atoms with van der Waals surface area (Å²) in [5.41, 5.74) is 0.869. The number of nitrogens with one attached hydrogen (secondary N) is 1. The van der Waals surface area contributed by atoms with Gasteiger partial charge in [0.25, 0.3) is 0 Å². The fourth-order valence-electron chi connectivity index (χ4n) is 1.67. The number of hydrogen-bond acceptors (Lipinski definition) is 4. The standard InChI is InChI=1S/C11H19N5O/c1-3-12-6-9-7-16(14-13-9)8-11(17)15(2)10-4-5-10/h7,10,12H,3-6,8H2,1-2H3. The highest BCUT2D eigenvalue weighted by Crippen LogP contribution is 2.25. The van der Waals surface area contributed by atoms with Gasteiger partial charge in [0.15, 0.2) is 0 Å². The summed E-state index contributed by atoms with van der Waals surface area (Å²) in [7, 11) is 1.86. The molecule has 0 saturated heterocycles. The Balaban J connectivity index is 1.85. The summed E-state index contributed by atoms with van der Waals surface area (Å²) in [5, 5.41) is 11.1. The van der Waals surface area contributed by atoms with Gasteiger partial charge in [-0.25, -0.2) is 4.68 Å². The topological polar surface area (TPSA) is 63.1 Å². The fraction of sp³-hybridized carbons (Fsp3) is 0.727. The van der Waals surface area contributed by atoms with Gasteiger partial charge in [0.05, 0.1) is 11.9 Å². The molecule has 0 unspecified atom stereocenters. The van der Waals surface area contributed by atoms with Crippen LogP contribution in [-0.4, -0.2) is 45.4 Å². The van der Waals surface area contributed by atoms with Gasteiger partial charge in [0.1, 0.15) is 6.54 Å². The van der Waals surface area contributed by atoms with Crippen LogP contribution in [0.25, 0.3) is 0 Å². The lowest BCUT2D eigenvalue weighted by Gasteiger charge is -2.15. The average molecular weight is 237 g/mol. The van der Waals surface area contributed by atoms with Crippen LogP contribution < -0.4 is 5.32 Å². The van der Waals surface area contributed by atoms with Gasteiger partial charge in [0, 0.05) is 19.6 Å². The Labute approximate surface area is 101 Å². The quantitative estimate of drug-likeness (QED) is 0.757. The zero-order valence-electron chi connectivity index (χ0n) is 10.4. The van der Waals surface area contributed by atoms with Gasteiger partial charge in [0.2, 0.25) is 5.91 Å². The van der Waals surface area contributed by atoms with Crippen LogP contribution in [0, 0.1) is 0 Å². The Bertz CT molecular complexity index is 385. The maximum absolute atomic E-state index is 11.8. The van der Waals surface area contributed by atoms with Crippen molar-refractivity contribution in [3.63, 3.8) is 0 Å². The SMILES string of the molecule is CCNCc1cn(CC(=O)N(C)C2CC2)nn1. The first-order chi connectivity index (χ1) is 8.20. The number of hydrogen-bond donors (Lipinski definition) is 1. The largest absolute Gasteiger partial charge is 0.341 e. The summed E-state index contributed by atoms with van der Waals surface area (Å²) in [6.45, 7) is 3.92. The predicted octanol–water partition coefficient (Wildman–Crippen LogP) is 0.00840. The van der Waals surface area contributed by atoms with Crippen LogP contribution in [-0.2, 0) is 17.9 Å². The molecule has 1 N–H and O–H groups in total. The smallest absolute Gasteiger partial charge is 0.244 e. The molecule has 1 amide bonds. The van der Waals surface area contributed by atoms with Crippen LogP contribution in [0.4, 0.5) is 0 Å². The molecule has 2 rings (SSSR count). The van der Waals surface area contributed by atoms with Crippen molar-refractivity contribution in [1.29, 1.82) is 0 Å². The summed E-state index contributed by atoms with van der Waals surface area (Å²) in [5.74, 6) is 0.104. The molecule has 94 valence electrons. The molecule has 17 heavy (non-hydrogen) atoms. The van der Waals surface area contributed by atoms with E-state index in [0.717, 1.165) is 25.1 Å². The molecule has 1 aromatic rings. The number of carbonyl (C=O) groups excluding carboxylic acids is 1. The number of nitrogens with zero attached hydrogens (tertiary/aromatic N) is 4. The van der Waals surface area contributed by atoms with Gasteiger partial charge < -0.3 is 10.2 Å². The Morgan fingerprint density at radius 1 is 1.65 bits per heavy atom. The monoisotopic (exact) mass is 237 g/mol. The summed E-state index contributed by atoms with van der Waals surface area (Å²) in [4.78, 5) is 13.7. The molecular weight excluding hydrogens is 218 g/mol. The van der Waals surface area contributed by atoms with Gasteiger partial charge in [-0.2, -0.15) is 0 Å². The van der Waals surface area contributed by atoms with E-state index in [9.17, 15) is 4.79 Å². The second-order valence-corrected chi connectivity index (χ2v) is 4.42. The normalized spacial score (nSPS) is 14.9. The Kier molecular flexibility index (Phi) is 3.73. The second-order valence-electron chi connectivity index (χ2n) is 4.42. The first-order valence-electron chi connectivity index (χ1n) is 6.06. The number of likely N-dealkylation sites (N-methyl/N-ethyl adjacent to an activating group) is 1. The van der Waals surface area contributed by atoms with Crippen LogP contribution in [0.3, 0.4) is 0 Å². The number of amides is 1. The molecule has 6 nitrogen and oxygen atoms in total. The first-order valence-corrected chi connectivity index (χ1v) is 6.06. The number of rotatable bonds is 6. The Hall–Kier alpha value is -1.43. The van der Waals surface area contributed by atoms with E-state index < -0.39 is 0 Å². The third-order valence-corrected chi connectivity index (χ3v) is 2.93. The lowest BCUT2D eigenvalue weighted by atomic mass is 10.4. The lowest BCUT2D eigenvalue weighted by Crippen LogP contribution is -2.32. The molecule has 1 aromatic heterocycles.